The Hall–Kier alpha value is -1.38. The van der Waals surface area contributed by atoms with Crippen LogP contribution in [0.1, 0.15) is 5.56 Å². The molecule has 0 aliphatic heterocycles. The van der Waals surface area contributed by atoms with Crippen LogP contribution in [-0.4, -0.2) is 12.5 Å². The predicted octanol–water partition coefficient (Wildman–Crippen LogP) is 1.35. The lowest BCUT2D eigenvalue weighted by atomic mass is 10.1. The van der Waals surface area contributed by atoms with E-state index in [0.29, 0.717) is 12.0 Å². The fourth-order valence-electron chi connectivity index (χ4n) is 0.927. The summed E-state index contributed by atoms with van der Waals surface area (Å²) in [6, 6.07) is 6.80. The Balaban J connectivity index is 2.64. The molecule has 0 saturated carbocycles. The van der Waals surface area contributed by atoms with Crippen molar-refractivity contribution in [2.45, 2.75) is 12.6 Å². The molecule has 3 heteroatoms. The molecular weight excluding hydrogens is 157 g/mol. The Kier molecular flexibility index (Phi) is 2.80. The van der Waals surface area contributed by atoms with Crippen LogP contribution in [0, 0.1) is 0 Å². The lowest BCUT2D eigenvalue weighted by Crippen LogP contribution is -2.05. The Morgan fingerprint density at radius 1 is 1.42 bits per heavy atom. The average Bonchev–Trinajstić information content (AvgIpc) is 2.09. The van der Waals surface area contributed by atoms with Gasteiger partial charge in [-0.2, -0.15) is 0 Å². The SMILES string of the molecule is Nc1ccc(CC(F)C=O)cc1. The van der Waals surface area contributed by atoms with E-state index in [2.05, 4.69) is 0 Å². The standard InChI is InChI=1S/C9H10FNO/c10-8(6-12)5-7-1-3-9(11)4-2-7/h1-4,6,8H,5,11H2. The number of hydrogen-bond acceptors (Lipinski definition) is 2. The number of carbonyl (C=O) groups excluding carboxylic acids is 1. The van der Waals surface area contributed by atoms with Gasteiger partial charge in [0.05, 0.1) is 0 Å². The molecule has 0 bridgehead atoms. The Bertz CT molecular complexity index is 258. The molecule has 0 aliphatic rings. The van der Waals surface area contributed by atoms with Crippen LogP contribution in [0.5, 0.6) is 0 Å². The normalized spacial score (nSPS) is 12.4. The fraction of sp³-hybridized carbons (Fsp3) is 0.222. The van der Waals surface area contributed by atoms with E-state index in [9.17, 15) is 9.18 Å². The molecule has 12 heavy (non-hydrogen) atoms. The number of rotatable bonds is 3. The summed E-state index contributed by atoms with van der Waals surface area (Å²) in [6.07, 6.45) is -0.978. The van der Waals surface area contributed by atoms with Crippen molar-refractivity contribution in [2.24, 2.45) is 0 Å². The van der Waals surface area contributed by atoms with Crippen molar-refractivity contribution in [2.75, 3.05) is 5.73 Å². The van der Waals surface area contributed by atoms with Crippen LogP contribution in [0.2, 0.25) is 0 Å². The number of benzene rings is 1. The van der Waals surface area contributed by atoms with Gasteiger partial charge in [-0.1, -0.05) is 12.1 Å². The molecule has 1 unspecified atom stereocenters. The Labute approximate surface area is 70.2 Å². The maximum Gasteiger partial charge on any atom is 0.159 e. The van der Waals surface area contributed by atoms with Crippen LogP contribution >= 0.6 is 0 Å². The topological polar surface area (TPSA) is 43.1 Å². The number of nitrogen functional groups attached to an aromatic ring is 1. The summed E-state index contributed by atoms with van der Waals surface area (Å²) in [5, 5.41) is 0. The van der Waals surface area contributed by atoms with Crippen molar-refractivity contribution in [3.63, 3.8) is 0 Å². The first kappa shape index (κ1) is 8.71. The summed E-state index contributed by atoms with van der Waals surface area (Å²) in [4.78, 5) is 9.98. The van der Waals surface area contributed by atoms with E-state index >= 15 is 0 Å². The summed E-state index contributed by atoms with van der Waals surface area (Å²) in [5.74, 6) is 0. The van der Waals surface area contributed by atoms with Gasteiger partial charge in [0.15, 0.2) is 12.5 Å². The molecule has 2 nitrogen and oxygen atoms in total. The van der Waals surface area contributed by atoms with Gasteiger partial charge in [0, 0.05) is 12.1 Å². The molecule has 64 valence electrons. The molecule has 0 saturated heterocycles. The van der Waals surface area contributed by atoms with Crippen LogP contribution in [0.3, 0.4) is 0 Å². The second-order valence-electron chi connectivity index (χ2n) is 2.60. The van der Waals surface area contributed by atoms with Crippen molar-refractivity contribution < 1.29 is 9.18 Å². The van der Waals surface area contributed by atoms with Crippen LogP contribution in [0.4, 0.5) is 10.1 Å². The smallest absolute Gasteiger partial charge is 0.159 e. The van der Waals surface area contributed by atoms with Crippen molar-refractivity contribution in [3.8, 4) is 0 Å². The molecule has 1 atom stereocenters. The first-order valence-corrected chi connectivity index (χ1v) is 3.66. The maximum absolute atomic E-state index is 12.5. The molecule has 0 radical (unpaired) electrons. The Morgan fingerprint density at radius 2 is 2.00 bits per heavy atom. The van der Waals surface area contributed by atoms with E-state index < -0.39 is 6.17 Å². The van der Waals surface area contributed by atoms with Crippen molar-refractivity contribution in [3.05, 3.63) is 29.8 Å². The van der Waals surface area contributed by atoms with E-state index in [1.54, 1.807) is 24.3 Å². The average molecular weight is 167 g/mol. The monoisotopic (exact) mass is 167 g/mol. The number of carbonyl (C=O) groups is 1. The quantitative estimate of drug-likeness (QED) is 0.545. The molecule has 1 aromatic rings. The van der Waals surface area contributed by atoms with Gasteiger partial charge in [0.1, 0.15) is 0 Å². The van der Waals surface area contributed by atoms with Gasteiger partial charge in [-0.05, 0) is 17.7 Å². The summed E-state index contributed by atoms with van der Waals surface area (Å²) in [6.45, 7) is 0. The Morgan fingerprint density at radius 3 is 2.50 bits per heavy atom. The minimum Gasteiger partial charge on any atom is -0.399 e. The van der Waals surface area contributed by atoms with E-state index in [0.717, 1.165) is 5.56 Å². The number of aldehydes is 1. The second kappa shape index (κ2) is 3.85. The van der Waals surface area contributed by atoms with Crippen molar-refractivity contribution in [1.29, 1.82) is 0 Å². The van der Waals surface area contributed by atoms with Crippen molar-refractivity contribution in [1.82, 2.24) is 0 Å². The number of halogens is 1. The third-order valence-electron chi connectivity index (χ3n) is 1.56. The number of hydrogen-bond donors (Lipinski definition) is 1. The minimum absolute atomic E-state index is 0.129. The third-order valence-corrected chi connectivity index (χ3v) is 1.56. The second-order valence-corrected chi connectivity index (χ2v) is 2.60. The molecular formula is C9H10FNO. The summed E-state index contributed by atoms with van der Waals surface area (Å²) < 4.78 is 12.5. The molecule has 0 amide bonds. The van der Waals surface area contributed by atoms with Gasteiger partial charge in [-0.15, -0.1) is 0 Å². The van der Waals surface area contributed by atoms with Crippen LogP contribution in [-0.2, 0) is 11.2 Å². The van der Waals surface area contributed by atoms with Gasteiger partial charge < -0.3 is 10.5 Å². The zero-order valence-corrected chi connectivity index (χ0v) is 6.53. The third kappa shape index (κ3) is 2.34. The first-order chi connectivity index (χ1) is 5.72. The van der Waals surface area contributed by atoms with E-state index in [1.807, 2.05) is 0 Å². The van der Waals surface area contributed by atoms with Gasteiger partial charge in [-0.25, -0.2) is 4.39 Å². The van der Waals surface area contributed by atoms with Gasteiger partial charge in [0.2, 0.25) is 0 Å². The first-order valence-electron chi connectivity index (χ1n) is 3.66. The highest BCUT2D eigenvalue weighted by Gasteiger charge is 2.04. The summed E-state index contributed by atoms with van der Waals surface area (Å²) in [5.41, 5.74) is 6.85. The minimum atomic E-state index is -1.41. The number of nitrogens with two attached hydrogens (primary N) is 1. The fourth-order valence-corrected chi connectivity index (χ4v) is 0.927. The predicted molar refractivity (Wildman–Crippen MR) is 45.5 cm³/mol. The number of anilines is 1. The van der Waals surface area contributed by atoms with Gasteiger partial charge in [-0.3, -0.25) is 0 Å². The lowest BCUT2D eigenvalue weighted by Gasteiger charge is -2.00. The molecule has 0 heterocycles. The summed E-state index contributed by atoms with van der Waals surface area (Å²) >= 11 is 0. The molecule has 0 aromatic heterocycles. The van der Waals surface area contributed by atoms with E-state index in [4.69, 9.17) is 5.73 Å². The molecule has 2 N–H and O–H groups in total. The number of alkyl halides is 1. The van der Waals surface area contributed by atoms with Gasteiger partial charge in [0.25, 0.3) is 0 Å². The highest BCUT2D eigenvalue weighted by atomic mass is 19.1. The highest BCUT2D eigenvalue weighted by Crippen LogP contribution is 2.08. The van der Waals surface area contributed by atoms with E-state index in [1.165, 1.54) is 0 Å². The zero-order chi connectivity index (χ0) is 8.97. The molecule has 0 fully saturated rings. The lowest BCUT2D eigenvalue weighted by molar-refractivity contribution is -0.111. The van der Waals surface area contributed by atoms with E-state index in [-0.39, 0.29) is 6.42 Å². The largest absolute Gasteiger partial charge is 0.399 e. The van der Waals surface area contributed by atoms with Crippen LogP contribution < -0.4 is 5.73 Å². The summed E-state index contributed by atoms with van der Waals surface area (Å²) in [7, 11) is 0. The molecule has 1 aromatic carbocycles. The highest BCUT2D eigenvalue weighted by molar-refractivity contribution is 5.56. The van der Waals surface area contributed by atoms with Crippen molar-refractivity contribution >= 4 is 12.0 Å². The molecule has 0 spiro atoms. The maximum atomic E-state index is 12.5. The zero-order valence-electron chi connectivity index (χ0n) is 6.53. The molecule has 0 aliphatic carbocycles. The van der Waals surface area contributed by atoms with Gasteiger partial charge >= 0.3 is 0 Å². The van der Waals surface area contributed by atoms with Crippen LogP contribution in [0.25, 0.3) is 0 Å². The molecule has 1 rings (SSSR count). The van der Waals surface area contributed by atoms with Crippen LogP contribution in [0.15, 0.2) is 24.3 Å².